The molecule has 0 fully saturated rings. The number of ether oxygens (including phenoxy) is 2. The standard InChI is InChI=1S/C13H15ClN4O2/c1-19-13-17-8-9(14)12(18-13)16-6-7-20-11-5-3-2-4-10(11)15/h2-5,8H,6-7,15H2,1H3,(H,16,17,18). The summed E-state index contributed by atoms with van der Waals surface area (Å²) in [4.78, 5) is 7.99. The Labute approximate surface area is 121 Å². The molecule has 2 aromatic rings. The first kappa shape index (κ1) is 14.2. The van der Waals surface area contributed by atoms with Crippen LogP contribution < -0.4 is 20.5 Å². The molecule has 0 amide bonds. The number of benzene rings is 1. The number of anilines is 2. The number of nitrogen functional groups attached to an aromatic ring is 1. The van der Waals surface area contributed by atoms with Gasteiger partial charge < -0.3 is 20.5 Å². The highest BCUT2D eigenvalue weighted by atomic mass is 35.5. The molecule has 3 N–H and O–H groups in total. The number of methoxy groups -OCH3 is 1. The van der Waals surface area contributed by atoms with Gasteiger partial charge in [0.2, 0.25) is 0 Å². The van der Waals surface area contributed by atoms with Crippen molar-refractivity contribution in [2.45, 2.75) is 0 Å². The van der Waals surface area contributed by atoms with Crippen molar-refractivity contribution >= 4 is 23.1 Å². The van der Waals surface area contributed by atoms with Crippen LogP contribution in [-0.4, -0.2) is 30.2 Å². The lowest BCUT2D eigenvalue weighted by Crippen LogP contribution is -2.13. The van der Waals surface area contributed by atoms with E-state index in [9.17, 15) is 0 Å². The fraction of sp³-hybridized carbons (Fsp3) is 0.231. The van der Waals surface area contributed by atoms with Gasteiger partial charge in [-0.25, -0.2) is 4.98 Å². The first-order chi connectivity index (χ1) is 9.70. The van der Waals surface area contributed by atoms with Crippen molar-refractivity contribution in [1.29, 1.82) is 0 Å². The Kier molecular flexibility index (Phi) is 4.84. The second-order valence-electron chi connectivity index (χ2n) is 3.87. The monoisotopic (exact) mass is 294 g/mol. The van der Waals surface area contributed by atoms with E-state index in [2.05, 4.69) is 15.3 Å². The van der Waals surface area contributed by atoms with Crippen LogP contribution in [0.3, 0.4) is 0 Å². The third kappa shape index (κ3) is 3.64. The lowest BCUT2D eigenvalue weighted by Gasteiger charge is -2.10. The van der Waals surface area contributed by atoms with Crippen LogP contribution in [-0.2, 0) is 0 Å². The van der Waals surface area contributed by atoms with Crippen molar-refractivity contribution in [3.05, 3.63) is 35.5 Å². The number of hydrogen-bond donors (Lipinski definition) is 2. The van der Waals surface area contributed by atoms with E-state index in [1.807, 2.05) is 18.2 Å². The van der Waals surface area contributed by atoms with Gasteiger partial charge in [0.25, 0.3) is 0 Å². The zero-order valence-corrected chi connectivity index (χ0v) is 11.7. The highest BCUT2D eigenvalue weighted by Gasteiger charge is 2.05. The summed E-state index contributed by atoms with van der Waals surface area (Å²) >= 11 is 5.97. The molecular weight excluding hydrogens is 280 g/mol. The second-order valence-corrected chi connectivity index (χ2v) is 4.27. The van der Waals surface area contributed by atoms with Gasteiger partial charge in [0.05, 0.1) is 25.5 Å². The van der Waals surface area contributed by atoms with E-state index in [1.165, 1.54) is 13.3 Å². The minimum Gasteiger partial charge on any atom is -0.490 e. The van der Waals surface area contributed by atoms with Gasteiger partial charge in [0, 0.05) is 0 Å². The topological polar surface area (TPSA) is 82.3 Å². The molecule has 0 aliphatic carbocycles. The van der Waals surface area contributed by atoms with Gasteiger partial charge in [-0.3, -0.25) is 0 Å². The van der Waals surface area contributed by atoms with Crippen LogP contribution in [0.25, 0.3) is 0 Å². The predicted molar refractivity (Wildman–Crippen MR) is 78.4 cm³/mol. The van der Waals surface area contributed by atoms with Crippen LogP contribution in [0.5, 0.6) is 11.8 Å². The second kappa shape index (κ2) is 6.81. The molecule has 0 aliphatic rings. The van der Waals surface area contributed by atoms with Crippen molar-refractivity contribution < 1.29 is 9.47 Å². The van der Waals surface area contributed by atoms with Crippen LogP contribution in [0.15, 0.2) is 30.5 Å². The number of halogens is 1. The van der Waals surface area contributed by atoms with Crippen LogP contribution >= 0.6 is 11.6 Å². The summed E-state index contributed by atoms with van der Waals surface area (Å²) in [5, 5.41) is 3.47. The predicted octanol–water partition coefficient (Wildman–Crippen LogP) is 2.21. The number of rotatable bonds is 6. The molecule has 6 nitrogen and oxygen atoms in total. The molecule has 0 saturated carbocycles. The summed E-state index contributed by atoms with van der Waals surface area (Å²) in [7, 11) is 1.49. The molecule has 0 bridgehead atoms. The SMILES string of the molecule is COc1ncc(Cl)c(NCCOc2ccccc2N)n1. The molecule has 106 valence electrons. The highest BCUT2D eigenvalue weighted by molar-refractivity contribution is 6.32. The van der Waals surface area contributed by atoms with Gasteiger partial charge in [0.1, 0.15) is 17.4 Å². The summed E-state index contributed by atoms with van der Waals surface area (Å²) in [6.45, 7) is 0.949. The van der Waals surface area contributed by atoms with E-state index in [-0.39, 0.29) is 6.01 Å². The average molecular weight is 295 g/mol. The smallest absolute Gasteiger partial charge is 0.318 e. The third-order valence-corrected chi connectivity index (χ3v) is 2.75. The molecule has 1 heterocycles. The van der Waals surface area contributed by atoms with Crippen molar-refractivity contribution in [2.24, 2.45) is 0 Å². The van der Waals surface area contributed by atoms with E-state index in [0.29, 0.717) is 35.4 Å². The van der Waals surface area contributed by atoms with Crippen molar-refractivity contribution in [1.82, 2.24) is 9.97 Å². The van der Waals surface area contributed by atoms with Gasteiger partial charge in [-0.15, -0.1) is 0 Å². The van der Waals surface area contributed by atoms with Crippen LogP contribution in [0.4, 0.5) is 11.5 Å². The van der Waals surface area contributed by atoms with Crippen molar-refractivity contribution in [3.8, 4) is 11.8 Å². The molecule has 0 aliphatic heterocycles. The number of nitrogens with two attached hydrogens (primary N) is 1. The van der Waals surface area contributed by atoms with E-state index in [4.69, 9.17) is 26.8 Å². The Hall–Kier alpha value is -2.21. The Morgan fingerprint density at radius 2 is 2.15 bits per heavy atom. The molecule has 20 heavy (non-hydrogen) atoms. The zero-order chi connectivity index (χ0) is 14.4. The number of nitrogens with one attached hydrogen (secondary N) is 1. The van der Waals surface area contributed by atoms with Crippen molar-refractivity contribution in [2.75, 3.05) is 31.3 Å². The maximum absolute atomic E-state index is 5.97. The van der Waals surface area contributed by atoms with Gasteiger partial charge in [-0.2, -0.15) is 4.98 Å². The Balaban J connectivity index is 1.86. The summed E-state index contributed by atoms with van der Waals surface area (Å²) in [6, 6.07) is 7.58. The highest BCUT2D eigenvalue weighted by Crippen LogP contribution is 2.21. The quantitative estimate of drug-likeness (QED) is 0.628. The normalized spacial score (nSPS) is 10.1. The molecule has 0 spiro atoms. The molecule has 0 radical (unpaired) electrons. The van der Waals surface area contributed by atoms with Gasteiger partial charge in [0.15, 0.2) is 5.82 Å². The van der Waals surface area contributed by atoms with Crippen LogP contribution in [0.2, 0.25) is 5.02 Å². The molecule has 0 unspecified atom stereocenters. The maximum Gasteiger partial charge on any atom is 0.318 e. The van der Waals surface area contributed by atoms with E-state index < -0.39 is 0 Å². The number of nitrogens with zero attached hydrogens (tertiary/aromatic N) is 2. The molecule has 1 aromatic heterocycles. The summed E-state index contributed by atoms with van der Waals surface area (Å²) < 4.78 is 10.5. The maximum atomic E-state index is 5.97. The number of aromatic nitrogens is 2. The van der Waals surface area contributed by atoms with Gasteiger partial charge in [-0.05, 0) is 12.1 Å². The summed E-state index contributed by atoms with van der Waals surface area (Å²) in [5.74, 6) is 1.16. The molecule has 1 aromatic carbocycles. The zero-order valence-electron chi connectivity index (χ0n) is 11.0. The van der Waals surface area contributed by atoms with Crippen molar-refractivity contribution in [3.63, 3.8) is 0 Å². The fourth-order valence-corrected chi connectivity index (χ4v) is 1.67. The minimum absolute atomic E-state index is 0.255. The largest absolute Gasteiger partial charge is 0.490 e. The third-order valence-electron chi connectivity index (χ3n) is 2.48. The number of para-hydroxylation sites is 2. The molecule has 0 saturated heterocycles. The first-order valence-electron chi connectivity index (χ1n) is 5.98. The lowest BCUT2D eigenvalue weighted by atomic mass is 10.3. The molecule has 2 rings (SSSR count). The summed E-state index contributed by atoms with van der Waals surface area (Å²) in [5.41, 5.74) is 6.38. The molecule has 7 heteroatoms. The van der Waals surface area contributed by atoms with Crippen LogP contribution in [0, 0.1) is 0 Å². The Bertz CT molecular complexity index is 580. The molecule has 0 atom stereocenters. The lowest BCUT2D eigenvalue weighted by molar-refractivity contribution is 0.334. The van der Waals surface area contributed by atoms with E-state index in [1.54, 1.807) is 6.07 Å². The van der Waals surface area contributed by atoms with Gasteiger partial charge >= 0.3 is 6.01 Å². The average Bonchev–Trinajstić information content (AvgIpc) is 2.47. The number of hydrogen-bond acceptors (Lipinski definition) is 6. The van der Waals surface area contributed by atoms with E-state index in [0.717, 1.165) is 0 Å². The van der Waals surface area contributed by atoms with E-state index >= 15 is 0 Å². The molecular formula is C13H15ClN4O2. The Morgan fingerprint density at radius 3 is 2.90 bits per heavy atom. The van der Waals surface area contributed by atoms with Gasteiger partial charge in [-0.1, -0.05) is 23.7 Å². The fourth-order valence-electron chi connectivity index (χ4n) is 1.52. The first-order valence-corrected chi connectivity index (χ1v) is 6.36. The minimum atomic E-state index is 0.255. The summed E-state index contributed by atoms with van der Waals surface area (Å²) in [6.07, 6.45) is 1.48. The Morgan fingerprint density at radius 1 is 1.35 bits per heavy atom. The van der Waals surface area contributed by atoms with Crippen LogP contribution in [0.1, 0.15) is 0 Å².